The Morgan fingerprint density at radius 2 is 2.37 bits per heavy atom. The zero-order chi connectivity index (χ0) is 13.1. The molecule has 0 aromatic carbocycles. The van der Waals surface area contributed by atoms with E-state index in [4.69, 9.17) is 0 Å². The first-order valence-electron chi connectivity index (χ1n) is 7.08. The normalized spacial score (nSPS) is 19.3. The van der Waals surface area contributed by atoms with Gasteiger partial charge in [0.05, 0.1) is 0 Å². The van der Waals surface area contributed by atoms with Crippen molar-refractivity contribution in [3.05, 3.63) is 52.0 Å². The number of pyridine rings is 1. The molecule has 0 fully saturated rings. The number of nitrogens with one attached hydrogen (secondary N) is 1. The van der Waals surface area contributed by atoms with Crippen molar-refractivity contribution >= 4 is 11.3 Å². The molecule has 0 aliphatic heterocycles. The third kappa shape index (κ3) is 2.72. The predicted octanol–water partition coefficient (Wildman–Crippen LogP) is 3.39. The number of fused-ring (bicyclic) bond motifs is 1. The molecule has 2 heterocycles. The predicted molar refractivity (Wildman–Crippen MR) is 80.8 cm³/mol. The van der Waals surface area contributed by atoms with Gasteiger partial charge in [-0.25, -0.2) is 0 Å². The van der Waals surface area contributed by atoms with Gasteiger partial charge >= 0.3 is 0 Å². The molecule has 2 nitrogen and oxygen atoms in total. The first kappa shape index (κ1) is 12.8. The number of nitrogens with zero attached hydrogens (tertiary/aromatic N) is 1. The summed E-state index contributed by atoms with van der Waals surface area (Å²) in [4.78, 5) is 6.10. The van der Waals surface area contributed by atoms with Crippen molar-refractivity contribution in [3.63, 3.8) is 0 Å². The molecule has 3 rings (SSSR count). The van der Waals surface area contributed by atoms with Gasteiger partial charge in [-0.2, -0.15) is 0 Å². The molecule has 0 spiro atoms. The Bertz CT molecular complexity index is 521. The first-order chi connectivity index (χ1) is 9.38. The minimum absolute atomic E-state index is 0.514. The molecular weight excluding hydrogens is 252 g/mol. The molecule has 0 saturated carbocycles. The van der Waals surface area contributed by atoms with Crippen LogP contribution in [0.25, 0.3) is 0 Å². The molecule has 3 heteroatoms. The van der Waals surface area contributed by atoms with Gasteiger partial charge in [0.2, 0.25) is 0 Å². The minimum atomic E-state index is 0.514. The van der Waals surface area contributed by atoms with Crippen molar-refractivity contribution < 1.29 is 0 Å². The Morgan fingerprint density at radius 1 is 1.42 bits per heavy atom. The second-order valence-corrected chi connectivity index (χ2v) is 6.17. The molecule has 1 aliphatic rings. The van der Waals surface area contributed by atoms with Gasteiger partial charge in [0.1, 0.15) is 0 Å². The van der Waals surface area contributed by atoms with Gasteiger partial charge in [-0.1, -0.05) is 19.1 Å². The summed E-state index contributed by atoms with van der Waals surface area (Å²) in [5, 5.41) is 5.84. The SMILES string of the molecule is CCNC(Cc1cccs1)C1CCc2cccnc21. The summed E-state index contributed by atoms with van der Waals surface area (Å²) in [6.07, 6.45) is 5.47. The lowest BCUT2D eigenvalue weighted by atomic mass is 9.93. The standard InChI is InChI=1S/C16H20N2S/c1-2-17-15(11-13-6-4-10-19-13)14-8-7-12-5-3-9-18-16(12)14/h3-6,9-10,14-15,17H,2,7-8,11H2,1H3. The van der Waals surface area contributed by atoms with Crippen LogP contribution in [0.2, 0.25) is 0 Å². The lowest BCUT2D eigenvalue weighted by Crippen LogP contribution is -2.36. The maximum Gasteiger partial charge on any atom is 0.0482 e. The molecule has 0 saturated heterocycles. The highest BCUT2D eigenvalue weighted by Gasteiger charge is 2.30. The molecule has 2 unspecified atom stereocenters. The topological polar surface area (TPSA) is 24.9 Å². The monoisotopic (exact) mass is 272 g/mol. The number of thiophene rings is 1. The van der Waals surface area contributed by atoms with Crippen LogP contribution in [0, 0.1) is 0 Å². The molecule has 0 amide bonds. The van der Waals surface area contributed by atoms with Crippen LogP contribution in [0.3, 0.4) is 0 Å². The van der Waals surface area contributed by atoms with E-state index in [0.29, 0.717) is 12.0 Å². The molecule has 2 aromatic rings. The average molecular weight is 272 g/mol. The van der Waals surface area contributed by atoms with Crippen LogP contribution in [-0.2, 0) is 12.8 Å². The Balaban J connectivity index is 1.81. The summed E-state index contributed by atoms with van der Waals surface area (Å²) in [5.74, 6) is 0.568. The Hall–Kier alpha value is -1.19. The quantitative estimate of drug-likeness (QED) is 0.902. The number of hydrogen-bond acceptors (Lipinski definition) is 3. The molecule has 2 aromatic heterocycles. The van der Waals surface area contributed by atoms with Crippen LogP contribution in [0.15, 0.2) is 35.8 Å². The van der Waals surface area contributed by atoms with E-state index in [2.05, 4.69) is 46.9 Å². The van der Waals surface area contributed by atoms with Crippen molar-refractivity contribution in [2.45, 2.75) is 38.1 Å². The molecule has 2 atom stereocenters. The van der Waals surface area contributed by atoms with Gasteiger partial charge in [-0.15, -0.1) is 11.3 Å². The van der Waals surface area contributed by atoms with E-state index < -0.39 is 0 Å². The van der Waals surface area contributed by atoms with E-state index >= 15 is 0 Å². The van der Waals surface area contributed by atoms with Crippen LogP contribution in [0.5, 0.6) is 0 Å². The lowest BCUT2D eigenvalue weighted by Gasteiger charge is -2.24. The van der Waals surface area contributed by atoms with Gasteiger partial charge < -0.3 is 5.32 Å². The number of rotatable bonds is 5. The van der Waals surface area contributed by atoms with Gasteiger partial charge in [-0.3, -0.25) is 4.98 Å². The van der Waals surface area contributed by atoms with Gasteiger partial charge in [0.15, 0.2) is 0 Å². The molecule has 0 bridgehead atoms. The number of hydrogen-bond donors (Lipinski definition) is 1. The summed E-state index contributed by atoms with van der Waals surface area (Å²) in [7, 11) is 0. The first-order valence-corrected chi connectivity index (χ1v) is 7.96. The maximum absolute atomic E-state index is 4.64. The van der Waals surface area contributed by atoms with Crippen LogP contribution >= 0.6 is 11.3 Å². The van der Waals surface area contributed by atoms with E-state index in [1.54, 1.807) is 0 Å². The Kier molecular flexibility index (Phi) is 3.95. The summed E-state index contributed by atoms with van der Waals surface area (Å²) in [6.45, 7) is 3.21. The largest absolute Gasteiger partial charge is 0.313 e. The highest BCUT2D eigenvalue weighted by molar-refractivity contribution is 7.09. The molecule has 19 heavy (non-hydrogen) atoms. The summed E-state index contributed by atoms with van der Waals surface area (Å²) in [6, 6.07) is 9.19. The van der Waals surface area contributed by atoms with E-state index in [9.17, 15) is 0 Å². The van der Waals surface area contributed by atoms with Crippen molar-refractivity contribution in [3.8, 4) is 0 Å². The lowest BCUT2D eigenvalue weighted by molar-refractivity contribution is 0.432. The van der Waals surface area contributed by atoms with Gasteiger partial charge in [0, 0.05) is 28.7 Å². The molecule has 1 N–H and O–H groups in total. The van der Waals surface area contributed by atoms with E-state index in [0.717, 1.165) is 13.0 Å². The smallest absolute Gasteiger partial charge is 0.0482 e. The van der Waals surface area contributed by atoms with Crippen LogP contribution in [-0.4, -0.2) is 17.6 Å². The fourth-order valence-corrected chi connectivity index (χ4v) is 3.86. The number of aryl methyl sites for hydroxylation is 1. The minimum Gasteiger partial charge on any atom is -0.313 e. The second kappa shape index (κ2) is 5.85. The van der Waals surface area contributed by atoms with Crippen molar-refractivity contribution in [1.29, 1.82) is 0 Å². The highest BCUT2D eigenvalue weighted by atomic mass is 32.1. The van der Waals surface area contributed by atoms with Crippen molar-refractivity contribution in [2.24, 2.45) is 0 Å². The maximum atomic E-state index is 4.64. The van der Waals surface area contributed by atoms with E-state index in [1.165, 1.54) is 29.0 Å². The zero-order valence-corrected chi connectivity index (χ0v) is 12.1. The van der Waals surface area contributed by atoms with Crippen LogP contribution < -0.4 is 5.32 Å². The van der Waals surface area contributed by atoms with Crippen molar-refractivity contribution in [1.82, 2.24) is 10.3 Å². The molecule has 1 aliphatic carbocycles. The average Bonchev–Trinajstić information content (AvgIpc) is 3.07. The number of likely N-dealkylation sites (N-methyl/N-ethyl adjacent to an activating group) is 1. The third-order valence-electron chi connectivity index (χ3n) is 3.96. The molecule has 100 valence electrons. The van der Waals surface area contributed by atoms with E-state index in [1.807, 2.05) is 17.5 Å². The summed E-state index contributed by atoms with van der Waals surface area (Å²) >= 11 is 1.86. The third-order valence-corrected chi connectivity index (χ3v) is 4.85. The Morgan fingerprint density at radius 3 is 3.16 bits per heavy atom. The van der Waals surface area contributed by atoms with Crippen molar-refractivity contribution in [2.75, 3.05) is 6.54 Å². The zero-order valence-electron chi connectivity index (χ0n) is 11.3. The van der Waals surface area contributed by atoms with E-state index in [-0.39, 0.29) is 0 Å². The van der Waals surface area contributed by atoms with Gasteiger partial charge in [0.25, 0.3) is 0 Å². The molecule has 0 radical (unpaired) electrons. The fourth-order valence-electron chi connectivity index (χ4n) is 3.10. The number of aromatic nitrogens is 1. The summed E-state index contributed by atoms with van der Waals surface area (Å²) in [5.41, 5.74) is 2.77. The second-order valence-electron chi connectivity index (χ2n) is 5.14. The fraction of sp³-hybridized carbons (Fsp3) is 0.438. The van der Waals surface area contributed by atoms with Crippen LogP contribution in [0.4, 0.5) is 0 Å². The molecular formula is C16H20N2S. The Labute approximate surface area is 118 Å². The summed E-state index contributed by atoms with van der Waals surface area (Å²) < 4.78 is 0. The highest BCUT2D eigenvalue weighted by Crippen LogP contribution is 2.35. The van der Waals surface area contributed by atoms with Crippen LogP contribution in [0.1, 0.15) is 35.4 Å². The van der Waals surface area contributed by atoms with Gasteiger partial charge in [-0.05, 0) is 48.9 Å².